The van der Waals surface area contributed by atoms with Gasteiger partial charge in [0.2, 0.25) is 5.91 Å². The highest BCUT2D eigenvalue weighted by molar-refractivity contribution is 7.18. The number of anilines is 1. The predicted molar refractivity (Wildman–Crippen MR) is 149 cm³/mol. The standard InChI is InChI=1S/C29H36N4O3S/c1-18(2)36-26-10-8-19(13-25(26)30-3)29-32-15-27(37-29)24-6-4-5-22-20(7-9-23(22)24)14-31-16-28(35)33-12-11-21(34)17-33/h4-6,8,10,13,15,18,20-21,30-31,34H,7,9,11-12,14,16-17H2,1-3H3/t20?,21-/m0/s1. The summed E-state index contributed by atoms with van der Waals surface area (Å²) in [4.78, 5) is 20.1. The van der Waals surface area contributed by atoms with Crippen LogP contribution in [0.25, 0.3) is 21.0 Å². The van der Waals surface area contributed by atoms with Gasteiger partial charge in [-0.05, 0) is 73.9 Å². The number of thiazole rings is 1. The molecule has 0 bridgehead atoms. The number of carbonyl (C=O) groups is 1. The number of rotatable bonds is 9. The summed E-state index contributed by atoms with van der Waals surface area (Å²) in [6, 6.07) is 12.7. The first kappa shape index (κ1) is 25.7. The molecule has 5 rings (SSSR count). The summed E-state index contributed by atoms with van der Waals surface area (Å²) in [5.74, 6) is 1.32. The summed E-state index contributed by atoms with van der Waals surface area (Å²) in [5.41, 5.74) is 6.06. The van der Waals surface area contributed by atoms with Gasteiger partial charge in [-0.2, -0.15) is 0 Å². The number of aliphatic hydroxyl groups is 1. The van der Waals surface area contributed by atoms with E-state index in [9.17, 15) is 9.90 Å². The minimum absolute atomic E-state index is 0.0749. The van der Waals surface area contributed by atoms with E-state index in [4.69, 9.17) is 9.72 Å². The van der Waals surface area contributed by atoms with Crippen molar-refractivity contribution < 1.29 is 14.6 Å². The first-order chi connectivity index (χ1) is 17.9. The summed E-state index contributed by atoms with van der Waals surface area (Å²) in [6.45, 7) is 6.27. The molecule has 1 aromatic heterocycles. The minimum Gasteiger partial charge on any atom is -0.489 e. The molecule has 2 aromatic carbocycles. The molecule has 1 fully saturated rings. The van der Waals surface area contributed by atoms with Crippen molar-refractivity contribution in [3.8, 4) is 26.8 Å². The van der Waals surface area contributed by atoms with Gasteiger partial charge in [0.25, 0.3) is 0 Å². The van der Waals surface area contributed by atoms with E-state index in [0.717, 1.165) is 41.4 Å². The van der Waals surface area contributed by atoms with Crippen LogP contribution in [0.4, 0.5) is 5.69 Å². The molecule has 3 N–H and O–H groups in total. The molecular weight excluding hydrogens is 484 g/mol. The topological polar surface area (TPSA) is 86.7 Å². The molecule has 1 amide bonds. The SMILES string of the molecule is CNc1cc(-c2ncc(-c3cccc4c3CCC4CNCC(=O)N3CC[C@H](O)C3)s2)ccc1OC(C)C. The number of nitrogens with one attached hydrogen (secondary N) is 2. The number of hydrogen-bond acceptors (Lipinski definition) is 7. The van der Waals surface area contributed by atoms with E-state index in [-0.39, 0.29) is 18.1 Å². The zero-order valence-corrected chi connectivity index (χ0v) is 22.6. The molecule has 0 radical (unpaired) electrons. The van der Waals surface area contributed by atoms with Gasteiger partial charge in [0.1, 0.15) is 10.8 Å². The van der Waals surface area contributed by atoms with Gasteiger partial charge in [0, 0.05) is 38.4 Å². The molecule has 2 heterocycles. The number of fused-ring (bicyclic) bond motifs is 1. The Labute approximate surface area is 222 Å². The fraction of sp³-hybridized carbons (Fsp3) is 0.448. The fourth-order valence-corrected chi connectivity index (χ4v) is 6.33. The molecule has 7 nitrogen and oxygen atoms in total. The number of ether oxygens (including phenoxy) is 1. The first-order valence-corrected chi connectivity index (χ1v) is 14.0. The van der Waals surface area contributed by atoms with Gasteiger partial charge in [-0.1, -0.05) is 18.2 Å². The Bertz CT molecular complexity index is 1260. The van der Waals surface area contributed by atoms with E-state index in [2.05, 4.69) is 41.0 Å². The molecule has 196 valence electrons. The van der Waals surface area contributed by atoms with Crippen LogP contribution >= 0.6 is 11.3 Å². The Kier molecular flexibility index (Phi) is 7.79. The largest absolute Gasteiger partial charge is 0.489 e. The van der Waals surface area contributed by atoms with Crippen LogP contribution in [-0.4, -0.2) is 66.3 Å². The lowest BCUT2D eigenvalue weighted by atomic mass is 9.98. The van der Waals surface area contributed by atoms with Gasteiger partial charge in [-0.25, -0.2) is 4.98 Å². The highest BCUT2D eigenvalue weighted by Crippen LogP contribution is 2.42. The van der Waals surface area contributed by atoms with E-state index in [1.54, 1.807) is 16.2 Å². The van der Waals surface area contributed by atoms with E-state index in [1.165, 1.54) is 21.6 Å². The Morgan fingerprint density at radius 1 is 1.27 bits per heavy atom. The van der Waals surface area contributed by atoms with Crippen LogP contribution in [0.5, 0.6) is 5.75 Å². The summed E-state index contributed by atoms with van der Waals surface area (Å²) >= 11 is 1.72. The van der Waals surface area contributed by atoms with Crippen LogP contribution in [0.2, 0.25) is 0 Å². The molecule has 1 aliphatic carbocycles. The van der Waals surface area contributed by atoms with E-state index in [1.807, 2.05) is 33.2 Å². The molecule has 8 heteroatoms. The van der Waals surface area contributed by atoms with E-state index >= 15 is 0 Å². The zero-order chi connectivity index (χ0) is 25.9. The second-order valence-electron chi connectivity index (χ2n) is 10.2. The molecular formula is C29H36N4O3S. The monoisotopic (exact) mass is 520 g/mol. The van der Waals surface area contributed by atoms with Crippen molar-refractivity contribution in [3.63, 3.8) is 0 Å². The number of β-amino-alcohol motifs (C(OH)–C–C–N with tert-alkyl or cyclic N) is 1. The molecule has 1 saturated heterocycles. The average Bonchev–Trinajstić information content (AvgIpc) is 3.64. The Balaban J connectivity index is 1.28. The third-order valence-corrected chi connectivity index (χ3v) is 8.29. The maximum absolute atomic E-state index is 12.4. The van der Waals surface area contributed by atoms with E-state index in [0.29, 0.717) is 32.0 Å². The van der Waals surface area contributed by atoms with Crippen LogP contribution in [0, 0.1) is 0 Å². The van der Waals surface area contributed by atoms with Crippen molar-refractivity contribution >= 4 is 22.9 Å². The first-order valence-electron chi connectivity index (χ1n) is 13.2. The van der Waals surface area contributed by atoms with Crippen LogP contribution < -0.4 is 15.4 Å². The lowest BCUT2D eigenvalue weighted by Gasteiger charge is -2.18. The second kappa shape index (κ2) is 11.2. The van der Waals surface area contributed by atoms with Crippen LogP contribution in [-0.2, 0) is 11.2 Å². The summed E-state index contributed by atoms with van der Waals surface area (Å²) in [6.07, 6.45) is 4.51. The Morgan fingerprint density at radius 2 is 2.14 bits per heavy atom. The molecule has 0 spiro atoms. The molecule has 2 atom stereocenters. The molecule has 0 saturated carbocycles. The number of nitrogens with zero attached hydrogens (tertiary/aromatic N) is 2. The van der Waals surface area contributed by atoms with Crippen LogP contribution in [0.1, 0.15) is 43.7 Å². The predicted octanol–water partition coefficient (Wildman–Crippen LogP) is 4.52. The molecule has 37 heavy (non-hydrogen) atoms. The number of aromatic nitrogens is 1. The number of likely N-dealkylation sites (tertiary alicyclic amines) is 1. The normalized spacial score (nSPS) is 18.9. The number of benzene rings is 2. The van der Waals surface area contributed by atoms with Gasteiger partial charge >= 0.3 is 0 Å². The Morgan fingerprint density at radius 3 is 2.89 bits per heavy atom. The van der Waals surface area contributed by atoms with E-state index < -0.39 is 0 Å². The summed E-state index contributed by atoms with van der Waals surface area (Å²) in [7, 11) is 1.91. The van der Waals surface area contributed by atoms with Crippen molar-refractivity contribution in [1.82, 2.24) is 15.2 Å². The van der Waals surface area contributed by atoms with Crippen molar-refractivity contribution in [3.05, 3.63) is 53.7 Å². The minimum atomic E-state index is -0.375. The van der Waals surface area contributed by atoms with Crippen molar-refractivity contribution in [2.24, 2.45) is 0 Å². The van der Waals surface area contributed by atoms with Crippen molar-refractivity contribution in [2.45, 2.75) is 51.2 Å². The maximum Gasteiger partial charge on any atom is 0.236 e. The van der Waals surface area contributed by atoms with Crippen LogP contribution in [0.15, 0.2) is 42.6 Å². The van der Waals surface area contributed by atoms with Gasteiger partial charge in [-0.15, -0.1) is 11.3 Å². The lowest BCUT2D eigenvalue weighted by Crippen LogP contribution is -2.38. The average molecular weight is 521 g/mol. The third-order valence-electron chi connectivity index (χ3n) is 7.21. The maximum atomic E-state index is 12.4. The van der Waals surface area contributed by atoms with Crippen molar-refractivity contribution in [2.75, 3.05) is 38.5 Å². The summed E-state index contributed by atoms with van der Waals surface area (Å²) in [5, 5.41) is 17.3. The third kappa shape index (κ3) is 5.66. The number of aliphatic hydroxyl groups excluding tert-OH is 1. The summed E-state index contributed by atoms with van der Waals surface area (Å²) < 4.78 is 5.92. The highest BCUT2D eigenvalue weighted by atomic mass is 32.1. The van der Waals surface area contributed by atoms with Crippen LogP contribution in [0.3, 0.4) is 0 Å². The number of hydrogen-bond donors (Lipinski definition) is 3. The quantitative estimate of drug-likeness (QED) is 0.385. The second-order valence-corrected chi connectivity index (χ2v) is 11.2. The Hall–Kier alpha value is -2.94. The lowest BCUT2D eigenvalue weighted by molar-refractivity contribution is -0.129. The smallest absolute Gasteiger partial charge is 0.236 e. The number of amides is 1. The van der Waals surface area contributed by atoms with Gasteiger partial charge in [0.15, 0.2) is 0 Å². The molecule has 3 aromatic rings. The van der Waals surface area contributed by atoms with Gasteiger partial charge < -0.3 is 25.4 Å². The van der Waals surface area contributed by atoms with Crippen molar-refractivity contribution in [1.29, 1.82) is 0 Å². The molecule has 2 aliphatic rings. The number of carbonyl (C=O) groups excluding carboxylic acids is 1. The van der Waals surface area contributed by atoms with Gasteiger partial charge in [-0.3, -0.25) is 4.79 Å². The fourth-order valence-electron chi connectivity index (χ4n) is 5.36. The highest BCUT2D eigenvalue weighted by Gasteiger charge is 2.27. The molecule has 1 unspecified atom stereocenters. The van der Waals surface area contributed by atoms with Gasteiger partial charge in [0.05, 0.1) is 29.3 Å². The molecule has 1 aliphatic heterocycles. The zero-order valence-electron chi connectivity index (χ0n) is 21.8.